The third kappa shape index (κ3) is 5.51. The molecule has 1 aromatic rings. The first kappa shape index (κ1) is 17.7. The fraction of sp³-hybridized carbons (Fsp3) is 0.562. The molecule has 2 N–H and O–H groups in total. The Bertz CT molecular complexity index is 526. The molecule has 1 amide bonds. The number of aliphatic hydroxyl groups is 1. The Morgan fingerprint density at radius 2 is 2.00 bits per heavy atom. The highest BCUT2D eigenvalue weighted by atomic mass is 19.4. The first-order valence-corrected chi connectivity index (χ1v) is 7.72. The van der Waals surface area contributed by atoms with Gasteiger partial charge in [-0.2, -0.15) is 13.2 Å². The highest BCUT2D eigenvalue weighted by Crippen LogP contribution is 2.29. The lowest BCUT2D eigenvalue weighted by Gasteiger charge is -2.29. The molecular formula is C16H21F3N2O2. The van der Waals surface area contributed by atoms with E-state index in [0.717, 1.165) is 51.0 Å². The second kappa shape index (κ2) is 7.79. The molecule has 0 spiro atoms. The van der Waals surface area contributed by atoms with Crippen molar-refractivity contribution in [2.24, 2.45) is 0 Å². The highest BCUT2D eigenvalue weighted by molar-refractivity contribution is 5.94. The molecule has 2 rings (SSSR count). The lowest BCUT2D eigenvalue weighted by atomic mass is 10.1. The molecule has 128 valence electrons. The number of amides is 1. The number of carbonyl (C=O) groups excluding carboxylic acids is 1. The summed E-state index contributed by atoms with van der Waals surface area (Å²) in [6, 6.07) is 4.41. The minimum atomic E-state index is -4.45. The lowest BCUT2D eigenvalue weighted by Crippen LogP contribution is -2.37. The number of nitrogens with zero attached hydrogens (tertiary/aromatic N) is 1. The van der Waals surface area contributed by atoms with Crippen molar-refractivity contribution in [1.82, 2.24) is 10.2 Å². The largest absolute Gasteiger partial charge is 0.416 e. The van der Waals surface area contributed by atoms with E-state index in [2.05, 4.69) is 10.2 Å². The van der Waals surface area contributed by atoms with E-state index in [-0.39, 0.29) is 11.7 Å². The summed E-state index contributed by atoms with van der Waals surface area (Å²) in [7, 11) is 0. The number of rotatable bonds is 5. The van der Waals surface area contributed by atoms with Crippen LogP contribution in [0.15, 0.2) is 24.3 Å². The molecule has 0 atom stereocenters. The Labute approximate surface area is 133 Å². The van der Waals surface area contributed by atoms with Crippen molar-refractivity contribution in [2.75, 3.05) is 26.2 Å². The van der Waals surface area contributed by atoms with Crippen LogP contribution >= 0.6 is 0 Å². The van der Waals surface area contributed by atoms with Gasteiger partial charge in [-0.15, -0.1) is 0 Å². The van der Waals surface area contributed by atoms with Crippen LogP contribution in [0.1, 0.15) is 35.2 Å². The summed E-state index contributed by atoms with van der Waals surface area (Å²) in [5.74, 6) is -0.495. The second-order valence-electron chi connectivity index (χ2n) is 5.76. The fourth-order valence-corrected chi connectivity index (χ4v) is 2.59. The summed E-state index contributed by atoms with van der Waals surface area (Å²) in [6.45, 7) is 2.88. The summed E-state index contributed by atoms with van der Waals surface area (Å²) in [6.07, 6.45) is -2.42. The van der Waals surface area contributed by atoms with E-state index in [1.807, 2.05) is 0 Å². The van der Waals surface area contributed by atoms with Gasteiger partial charge in [-0.05, 0) is 44.0 Å². The number of nitrogens with one attached hydrogen (secondary N) is 1. The third-order valence-corrected chi connectivity index (χ3v) is 3.95. The fourth-order valence-electron chi connectivity index (χ4n) is 2.59. The van der Waals surface area contributed by atoms with Gasteiger partial charge in [0.05, 0.1) is 11.7 Å². The van der Waals surface area contributed by atoms with Crippen molar-refractivity contribution >= 4 is 5.91 Å². The monoisotopic (exact) mass is 330 g/mol. The normalized spacial score (nSPS) is 17.2. The van der Waals surface area contributed by atoms with E-state index < -0.39 is 17.6 Å². The predicted octanol–water partition coefficient (Wildman–Crippen LogP) is 2.28. The molecule has 1 aromatic carbocycles. The standard InChI is InChI=1S/C16H21F3N2O2/c17-16(18,19)13-4-1-3-12(11-13)15(23)20-7-2-8-21-9-5-14(22)6-10-21/h1,3-4,11,14,22H,2,5-10H2,(H,20,23). The van der Waals surface area contributed by atoms with Gasteiger partial charge in [0.2, 0.25) is 0 Å². The lowest BCUT2D eigenvalue weighted by molar-refractivity contribution is -0.137. The van der Waals surface area contributed by atoms with Gasteiger partial charge in [-0.25, -0.2) is 0 Å². The minimum Gasteiger partial charge on any atom is -0.393 e. The molecule has 4 nitrogen and oxygen atoms in total. The number of likely N-dealkylation sites (tertiary alicyclic amines) is 1. The summed E-state index contributed by atoms with van der Waals surface area (Å²) in [5, 5.41) is 12.1. The van der Waals surface area contributed by atoms with Crippen LogP contribution in [0.3, 0.4) is 0 Å². The van der Waals surface area contributed by atoms with Crippen LogP contribution in [0.2, 0.25) is 0 Å². The van der Waals surface area contributed by atoms with Crippen LogP contribution in [0, 0.1) is 0 Å². The van der Waals surface area contributed by atoms with Crippen molar-refractivity contribution in [3.63, 3.8) is 0 Å². The second-order valence-corrected chi connectivity index (χ2v) is 5.76. The Morgan fingerprint density at radius 1 is 1.30 bits per heavy atom. The number of aliphatic hydroxyl groups excluding tert-OH is 1. The molecular weight excluding hydrogens is 309 g/mol. The number of hydrogen-bond acceptors (Lipinski definition) is 3. The SMILES string of the molecule is O=C(NCCCN1CCC(O)CC1)c1cccc(C(F)(F)F)c1. The molecule has 1 heterocycles. The highest BCUT2D eigenvalue weighted by Gasteiger charge is 2.30. The van der Waals surface area contributed by atoms with E-state index in [4.69, 9.17) is 0 Å². The molecule has 23 heavy (non-hydrogen) atoms. The molecule has 7 heteroatoms. The summed E-state index contributed by atoms with van der Waals surface area (Å²) in [4.78, 5) is 14.1. The van der Waals surface area contributed by atoms with Crippen LogP contribution in [0.4, 0.5) is 13.2 Å². The van der Waals surface area contributed by atoms with Gasteiger partial charge in [-0.3, -0.25) is 4.79 Å². The van der Waals surface area contributed by atoms with E-state index in [1.54, 1.807) is 0 Å². The van der Waals surface area contributed by atoms with Crippen molar-refractivity contribution in [1.29, 1.82) is 0 Å². The molecule has 1 saturated heterocycles. The molecule has 1 aliphatic heterocycles. The van der Waals surface area contributed by atoms with E-state index in [1.165, 1.54) is 12.1 Å². The van der Waals surface area contributed by atoms with Gasteiger partial charge in [-0.1, -0.05) is 6.07 Å². The molecule has 1 fully saturated rings. The molecule has 0 saturated carbocycles. The molecule has 1 aliphatic rings. The van der Waals surface area contributed by atoms with Gasteiger partial charge >= 0.3 is 6.18 Å². The number of alkyl halides is 3. The number of halogens is 3. The van der Waals surface area contributed by atoms with Gasteiger partial charge in [0.15, 0.2) is 0 Å². The van der Waals surface area contributed by atoms with Gasteiger partial charge in [0, 0.05) is 25.2 Å². The maximum Gasteiger partial charge on any atom is 0.416 e. The summed E-state index contributed by atoms with van der Waals surface area (Å²) < 4.78 is 37.8. The average Bonchev–Trinajstić information content (AvgIpc) is 2.52. The van der Waals surface area contributed by atoms with Crippen molar-refractivity contribution in [3.8, 4) is 0 Å². The number of benzene rings is 1. The number of piperidine rings is 1. The third-order valence-electron chi connectivity index (χ3n) is 3.95. The number of carbonyl (C=O) groups is 1. The Balaban J connectivity index is 1.75. The van der Waals surface area contributed by atoms with Crippen LogP contribution in [-0.4, -0.2) is 48.2 Å². The predicted molar refractivity (Wildman–Crippen MR) is 80.1 cm³/mol. The van der Waals surface area contributed by atoms with Gasteiger partial charge < -0.3 is 15.3 Å². The van der Waals surface area contributed by atoms with Crippen LogP contribution in [0.5, 0.6) is 0 Å². The maximum absolute atomic E-state index is 12.6. The Morgan fingerprint density at radius 3 is 2.65 bits per heavy atom. The molecule has 0 unspecified atom stereocenters. The van der Waals surface area contributed by atoms with E-state index in [0.29, 0.717) is 6.54 Å². The van der Waals surface area contributed by atoms with Gasteiger partial charge in [0.25, 0.3) is 5.91 Å². The zero-order valence-corrected chi connectivity index (χ0v) is 12.8. The topological polar surface area (TPSA) is 52.6 Å². The van der Waals surface area contributed by atoms with Crippen molar-refractivity contribution in [3.05, 3.63) is 35.4 Å². The summed E-state index contributed by atoms with van der Waals surface area (Å²) in [5.41, 5.74) is -0.807. The van der Waals surface area contributed by atoms with Crippen LogP contribution in [0.25, 0.3) is 0 Å². The van der Waals surface area contributed by atoms with Gasteiger partial charge in [0.1, 0.15) is 0 Å². The Hall–Kier alpha value is -1.60. The average molecular weight is 330 g/mol. The molecule has 0 aliphatic carbocycles. The number of hydrogen-bond donors (Lipinski definition) is 2. The van der Waals surface area contributed by atoms with Crippen LogP contribution < -0.4 is 5.32 Å². The maximum atomic E-state index is 12.6. The van der Waals surface area contributed by atoms with Crippen molar-refractivity contribution < 1.29 is 23.1 Å². The smallest absolute Gasteiger partial charge is 0.393 e. The van der Waals surface area contributed by atoms with Crippen LogP contribution in [-0.2, 0) is 6.18 Å². The Kier molecular flexibility index (Phi) is 6.01. The van der Waals surface area contributed by atoms with Crippen molar-refractivity contribution in [2.45, 2.75) is 31.5 Å². The molecule has 0 radical (unpaired) electrons. The molecule has 0 aromatic heterocycles. The first-order valence-electron chi connectivity index (χ1n) is 7.72. The zero-order valence-electron chi connectivity index (χ0n) is 12.8. The molecule has 0 bridgehead atoms. The zero-order chi connectivity index (χ0) is 16.9. The van der Waals surface area contributed by atoms with E-state index in [9.17, 15) is 23.1 Å². The first-order chi connectivity index (χ1) is 10.9. The quantitative estimate of drug-likeness (QED) is 0.815. The summed E-state index contributed by atoms with van der Waals surface area (Å²) >= 11 is 0. The minimum absolute atomic E-state index is 0.0147. The van der Waals surface area contributed by atoms with E-state index >= 15 is 0 Å².